The number of ether oxygens (including phenoxy) is 3. The van der Waals surface area contributed by atoms with E-state index < -0.39 is 6.10 Å². The summed E-state index contributed by atoms with van der Waals surface area (Å²) in [5.41, 5.74) is 2.92. The summed E-state index contributed by atoms with van der Waals surface area (Å²) in [6.07, 6.45) is -0.0434. The molecule has 0 fully saturated rings. The smallest absolute Gasteiger partial charge is 0.265 e. The lowest BCUT2D eigenvalue weighted by molar-refractivity contribution is -0.122. The van der Waals surface area contributed by atoms with Gasteiger partial charge in [0.05, 0.1) is 0 Å². The van der Waals surface area contributed by atoms with E-state index in [2.05, 4.69) is 17.4 Å². The number of hydrogen-bond donors (Lipinski definition) is 1. The minimum atomic E-state index is -0.594. The maximum atomic E-state index is 12.8. The summed E-state index contributed by atoms with van der Waals surface area (Å²) in [5, 5.41) is 2.92. The standard InChI is InChI=1S/C30H29NO4/c1-2-29(35-28-17-13-24(14-18-28)23-9-5-3-6-10-23)30(32)31-25-15-19-27(20-16-25)34-22-21-33-26-11-7-4-8-12-26/h3-20,29H,2,21-22H2,1H3,(H,31,32)/t29-/m1/s1. The fourth-order valence-electron chi connectivity index (χ4n) is 3.54. The topological polar surface area (TPSA) is 56.8 Å². The molecule has 0 aromatic heterocycles. The Morgan fingerprint density at radius 1 is 0.657 bits per heavy atom. The summed E-state index contributed by atoms with van der Waals surface area (Å²) >= 11 is 0. The zero-order chi connectivity index (χ0) is 24.3. The highest BCUT2D eigenvalue weighted by Crippen LogP contribution is 2.23. The van der Waals surface area contributed by atoms with Gasteiger partial charge < -0.3 is 19.5 Å². The van der Waals surface area contributed by atoms with E-state index >= 15 is 0 Å². The number of benzene rings is 4. The first kappa shape index (κ1) is 23.9. The number of carbonyl (C=O) groups is 1. The van der Waals surface area contributed by atoms with Gasteiger partial charge in [-0.15, -0.1) is 0 Å². The van der Waals surface area contributed by atoms with Crippen LogP contribution in [0.2, 0.25) is 0 Å². The highest BCUT2D eigenvalue weighted by Gasteiger charge is 2.18. The van der Waals surface area contributed by atoms with Crippen molar-refractivity contribution >= 4 is 11.6 Å². The van der Waals surface area contributed by atoms with Crippen molar-refractivity contribution in [3.63, 3.8) is 0 Å². The number of amides is 1. The third-order valence-corrected chi connectivity index (χ3v) is 5.39. The van der Waals surface area contributed by atoms with Crippen molar-refractivity contribution in [2.24, 2.45) is 0 Å². The molecule has 4 rings (SSSR count). The summed E-state index contributed by atoms with van der Waals surface area (Å²) < 4.78 is 17.3. The first-order valence-electron chi connectivity index (χ1n) is 11.7. The largest absolute Gasteiger partial charge is 0.490 e. The van der Waals surface area contributed by atoms with E-state index in [1.54, 1.807) is 0 Å². The minimum Gasteiger partial charge on any atom is -0.490 e. The minimum absolute atomic E-state index is 0.190. The molecule has 0 saturated carbocycles. The van der Waals surface area contributed by atoms with Gasteiger partial charge in [0.25, 0.3) is 5.91 Å². The quantitative estimate of drug-likeness (QED) is 0.252. The van der Waals surface area contributed by atoms with Crippen LogP contribution in [0, 0.1) is 0 Å². The Hall–Kier alpha value is -4.25. The molecular weight excluding hydrogens is 438 g/mol. The van der Waals surface area contributed by atoms with E-state index in [0.29, 0.717) is 36.8 Å². The second-order valence-electron chi connectivity index (χ2n) is 7.93. The molecule has 0 aliphatic rings. The third-order valence-electron chi connectivity index (χ3n) is 5.39. The van der Waals surface area contributed by atoms with E-state index in [9.17, 15) is 4.79 Å². The predicted molar refractivity (Wildman–Crippen MR) is 139 cm³/mol. The monoisotopic (exact) mass is 467 g/mol. The average Bonchev–Trinajstić information content (AvgIpc) is 2.92. The first-order valence-corrected chi connectivity index (χ1v) is 11.7. The zero-order valence-corrected chi connectivity index (χ0v) is 19.7. The molecule has 0 aliphatic carbocycles. The first-order chi connectivity index (χ1) is 17.2. The molecule has 35 heavy (non-hydrogen) atoms. The van der Waals surface area contributed by atoms with Crippen LogP contribution >= 0.6 is 0 Å². The summed E-state index contributed by atoms with van der Waals surface area (Å²) in [4.78, 5) is 12.8. The molecule has 4 aromatic carbocycles. The molecule has 0 unspecified atom stereocenters. The van der Waals surface area contributed by atoms with Crippen LogP contribution in [0.25, 0.3) is 11.1 Å². The van der Waals surface area contributed by atoms with Crippen LogP contribution in [-0.4, -0.2) is 25.2 Å². The van der Waals surface area contributed by atoms with Crippen LogP contribution in [0.15, 0.2) is 109 Å². The zero-order valence-electron chi connectivity index (χ0n) is 19.7. The van der Waals surface area contributed by atoms with E-state index in [0.717, 1.165) is 16.9 Å². The average molecular weight is 468 g/mol. The van der Waals surface area contributed by atoms with Gasteiger partial charge in [-0.2, -0.15) is 0 Å². The molecule has 1 atom stereocenters. The molecule has 1 N–H and O–H groups in total. The van der Waals surface area contributed by atoms with Gasteiger partial charge in [0.1, 0.15) is 30.5 Å². The van der Waals surface area contributed by atoms with Crippen molar-refractivity contribution in [3.05, 3.63) is 109 Å². The maximum absolute atomic E-state index is 12.8. The van der Waals surface area contributed by atoms with Crippen LogP contribution in [0.3, 0.4) is 0 Å². The molecule has 0 bridgehead atoms. The van der Waals surface area contributed by atoms with Crippen molar-refractivity contribution in [1.29, 1.82) is 0 Å². The Morgan fingerprint density at radius 2 is 1.17 bits per heavy atom. The van der Waals surface area contributed by atoms with E-state index in [1.165, 1.54) is 0 Å². The summed E-state index contributed by atoms with van der Waals surface area (Å²) in [5.74, 6) is 1.99. The predicted octanol–water partition coefficient (Wildman–Crippen LogP) is 6.61. The number of nitrogens with one attached hydrogen (secondary N) is 1. The number of anilines is 1. The molecule has 0 spiro atoms. The van der Waals surface area contributed by atoms with Crippen LogP contribution in [0.1, 0.15) is 13.3 Å². The Balaban J connectivity index is 1.25. The summed E-state index contributed by atoms with van der Waals surface area (Å²) in [6, 6.07) is 34.8. The molecule has 0 radical (unpaired) electrons. The molecular formula is C30H29NO4. The van der Waals surface area contributed by atoms with Crippen LogP contribution in [-0.2, 0) is 4.79 Å². The van der Waals surface area contributed by atoms with Crippen LogP contribution < -0.4 is 19.5 Å². The molecule has 0 aliphatic heterocycles. The van der Waals surface area contributed by atoms with Crippen LogP contribution in [0.5, 0.6) is 17.2 Å². The van der Waals surface area contributed by atoms with Gasteiger partial charge in [-0.05, 0) is 66.1 Å². The van der Waals surface area contributed by atoms with Crippen LogP contribution in [0.4, 0.5) is 5.69 Å². The molecule has 0 saturated heterocycles. The molecule has 178 valence electrons. The van der Waals surface area contributed by atoms with Crippen molar-refractivity contribution in [2.45, 2.75) is 19.4 Å². The molecule has 5 heteroatoms. The molecule has 5 nitrogen and oxygen atoms in total. The molecule has 4 aromatic rings. The number of hydrogen-bond acceptors (Lipinski definition) is 4. The number of para-hydroxylation sites is 1. The van der Waals surface area contributed by atoms with Crippen molar-refractivity contribution in [3.8, 4) is 28.4 Å². The van der Waals surface area contributed by atoms with Gasteiger partial charge >= 0.3 is 0 Å². The van der Waals surface area contributed by atoms with Gasteiger partial charge in [0, 0.05) is 5.69 Å². The van der Waals surface area contributed by atoms with Gasteiger partial charge in [-0.3, -0.25) is 4.79 Å². The van der Waals surface area contributed by atoms with Gasteiger partial charge in [0.15, 0.2) is 6.10 Å². The van der Waals surface area contributed by atoms with E-state index in [1.807, 2.05) is 104 Å². The second kappa shape index (κ2) is 12.3. The normalized spacial score (nSPS) is 11.3. The lowest BCUT2D eigenvalue weighted by Gasteiger charge is -2.18. The number of carbonyl (C=O) groups excluding carboxylic acids is 1. The Kier molecular flexibility index (Phi) is 8.38. The maximum Gasteiger partial charge on any atom is 0.265 e. The fraction of sp³-hybridized carbons (Fsp3) is 0.167. The number of rotatable bonds is 11. The Labute approximate surface area is 206 Å². The summed E-state index contributed by atoms with van der Waals surface area (Å²) in [6.45, 7) is 2.80. The highest BCUT2D eigenvalue weighted by molar-refractivity contribution is 5.94. The van der Waals surface area contributed by atoms with Gasteiger partial charge in [0.2, 0.25) is 0 Å². The SMILES string of the molecule is CC[C@@H](Oc1ccc(-c2ccccc2)cc1)C(=O)Nc1ccc(OCCOc2ccccc2)cc1. The highest BCUT2D eigenvalue weighted by atomic mass is 16.5. The van der Waals surface area contributed by atoms with E-state index in [4.69, 9.17) is 14.2 Å². The van der Waals surface area contributed by atoms with Gasteiger partial charge in [-0.25, -0.2) is 0 Å². The second-order valence-corrected chi connectivity index (χ2v) is 7.93. The third kappa shape index (κ3) is 7.11. The lowest BCUT2D eigenvalue weighted by atomic mass is 10.1. The lowest BCUT2D eigenvalue weighted by Crippen LogP contribution is -2.32. The Bertz CT molecular complexity index is 1180. The van der Waals surface area contributed by atoms with Crippen molar-refractivity contribution in [2.75, 3.05) is 18.5 Å². The van der Waals surface area contributed by atoms with Gasteiger partial charge in [-0.1, -0.05) is 67.6 Å². The Morgan fingerprint density at radius 3 is 1.77 bits per heavy atom. The van der Waals surface area contributed by atoms with Crippen molar-refractivity contribution in [1.82, 2.24) is 0 Å². The van der Waals surface area contributed by atoms with E-state index in [-0.39, 0.29) is 5.91 Å². The fourth-order valence-corrected chi connectivity index (χ4v) is 3.54. The molecule has 0 heterocycles. The summed E-state index contributed by atoms with van der Waals surface area (Å²) in [7, 11) is 0. The van der Waals surface area contributed by atoms with Crippen molar-refractivity contribution < 1.29 is 19.0 Å². The molecule has 1 amide bonds.